The third kappa shape index (κ3) is 4.07. The molecule has 1 heterocycles. The summed E-state index contributed by atoms with van der Waals surface area (Å²) in [6.45, 7) is 4.56. The lowest BCUT2D eigenvalue weighted by Crippen LogP contribution is -2.68. The van der Waals surface area contributed by atoms with E-state index in [2.05, 4.69) is 21.2 Å². The molecule has 37 heavy (non-hydrogen) atoms. The van der Waals surface area contributed by atoms with E-state index in [1.54, 1.807) is 13.8 Å². The second-order valence-corrected chi connectivity index (χ2v) is 11.6. The van der Waals surface area contributed by atoms with Crippen molar-refractivity contribution in [2.75, 3.05) is 0 Å². The Bertz CT molecular complexity index is 1180. The van der Waals surface area contributed by atoms with Gasteiger partial charge in [-0.3, -0.25) is 9.59 Å². The van der Waals surface area contributed by atoms with Gasteiger partial charge in [0.1, 0.15) is 0 Å². The summed E-state index contributed by atoms with van der Waals surface area (Å²) in [7, 11) is 0. The number of hydrogen-bond acceptors (Lipinski definition) is 6. The number of hydrogen-bond donors (Lipinski definition) is 4. The van der Waals surface area contributed by atoms with E-state index in [1.807, 2.05) is 0 Å². The first kappa shape index (κ1) is 25.6. The zero-order valence-corrected chi connectivity index (χ0v) is 20.8. The molecule has 4 aliphatic rings. The Morgan fingerprint density at radius 1 is 1.22 bits per heavy atom. The molecule has 3 bridgehead atoms. The van der Waals surface area contributed by atoms with E-state index in [9.17, 15) is 27.6 Å². The van der Waals surface area contributed by atoms with Gasteiger partial charge in [-0.25, -0.2) is 9.48 Å². The van der Waals surface area contributed by atoms with E-state index in [4.69, 9.17) is 10.6 Å². The molecule has 0 radical (unpaired) electrons. The molecule has 10 nitrogen and oxygen atoms in total. The Labute approximate surface area is 211 Å². The molecule has 202 valence electrons. The van der Waals surface area contributed by atoms with Gasteiger partial charge in [0, 0.05) is 19.2 Å². The minimum absolute atomic E-state index is 0.0701. The summed E-state index contributed by atoms with van der Waals surface area (Å²) in [6.07, 6.45) is 1.73. The minimum atomic E-state index is -4.84. The van der Waals surface area contributed by atoms with Crippen molar-refractivity contribution in [1.82, 2.24) is 25.9 Å². The average Bonchev–Trinajstić information content (AvgIpc) is 3.32. The number of alkyl halides is 3. The molecule has 1 aromatic rings. The van der Waals surface area contributed by atoms with Gasteiger partial charge in [0.2, 0.25) is 5.91 Å². The normalized spacial score (nSPS) is 33.8. The highest BCUT2D eigenvalue weighted by Crippen LogP contribution is 2.77. The summed E-state index contributed by atoms with van der Waals surface area (Å²) in [4.78, 5) is 40.8. The maximum atomic E-state index is 14.1. The highest BCUT2D eigenvalue weighted by Gasteiger charge is 2.78. The van der Waals surface area contributed by atoms with Gasteiger partial charge in [-0.15, -0.1) is 5.48 Å². The fraction of sp³-hybridized carbons (Fsp3) is 0.667. The fourth-order valence-electron chi connectivity index (χ4n) is 7.82. The van der Waals surface area contributed by atoms with Gasteiger partial charge in [0.05, 0.1) is 22.8 Å². The number of rotatable bonds is 7. The van der Waals surface area contributed by atoms with Crippen molar-refractivity contribution in [3.05, 3.63) is 23.5 Å². The maximum Gasteiger partial charge on any atom is 0.434 e. The number of nitrogens with zero attached hydrogens (tertiary/aromatic N) is 2. The number of aromatic nitrogens is 2. The number of amides is 3. The van der Waals surface area contributed by atoms with Crippen molar-refractivity contribution in [3.8, 4) is 0 Å². The molecule has 4 unspecified atom stereocenters. The van der Waals surface area contributed by atoms with E-state index < -0.39 is 40.5 Å². The van der Waals surface area contributed by atoms with Crippen molar-refractivity contribution >= 4 is 24.1 Å². The number of fused-ring (bicyclic) bond motifs is 2. The number of hydroxylamine groups is 1. The zero-order chi connectivity index (χ0) is 27.0. The third-order valence-electron chi connectivity index (χ3n) is 8.81. The number of primary amides is 1. The van der Waals surface area contributed by atoms with Crippen molar-refractivity contribution in [1.29, 1.82) is 0 Å². The van der Waals surface area contributed by atoms with Crippen LogP contribution < -0.4 is 21.8 Å². The summed E-state index contributed by atoms with van der Waals surface area (Å²) >= 11 is 0. The minimum Gasteiger partial charge on any atom is -0.353 e. The smallest absolute Gasteiger partial charge is 0.353 e. The highest BCUT2D eigenvalue weighted by molar-refractivity contribution is 5.95. The number of halogens is 3. The van der Waals surface area contributed by atoms with Crippen LogP contribution >= 0.6 is 0 Å². The third-order valence-corrected chi connectivity index (χ3v) is 8.81. The molecule has 4 saturated carbocycles. The first-order chi connectivity index (χ1) is 17.2. The van der Waals surface area contributed by atoms with Crippen molar-refractivity contribution in [3.63, 3.8) is 0 Å². The van der Waals surface area contributed by atoms with Crippen LogP contribution in [0.15, 0.2) is 12.3 Å². The van der Waals surface area contributed by atoms with E-state index in [0.29, 0.717) is 17.0 Å². The highest BCUT2D eigenvalue weighted by atomic mass is 19.4. The first-order valence-electron chi connectivity index (χ1n) is 12.3. The number of carbonyl (C=O) groups excluding carboxylic acids is 3. The van der Waals surface area contributed by atoms with Gasteiger partial charge in [-0.1, -0.05) is 0 Å². The van der Waals surface area contributed by atoms with Crippen molar-refractivity contribution in [2.24, 2.45) is 28.9 Å². The molecule has 5 N–H and O–H groups in total. The molecule has 6 atom stereocenters. The fourth-order valence-corrected chi connectivity index (χ4v) is 7.82. The molecule has 3 amide bonds. The van der Waals surface area contributed by atoms with Crippen LogP contribution in [0.4, 0.5) is 18.0 Å². The average molecular weight is 525 g/mol. The molecule has 1 aromatic heterocycles. The Morgan fingerprint density at radius 2 is 1.95 bits per heavy atom. The summed E-state index contributed by atoms with van der Waals surface area (Å²) < 4.78 is 42.8. The predicted molar refractivity (Wildman–Crippen MR) is 124 cm³/mol. The lowest BCUT2D eigenvalue weighted by atomic mass is 9.50. The molecular weight excluding hydrogens is 493 g/mol. The summed E-state index contributed by atoms with van der Waals surface area (Å²) in [5.41, 5.74) is 4.81. The van der Waals surface area contributed by atoms with E-state index >= 15 is 0 Å². The molecule has 5 rings (SSSR count). The van der Waals surface area contributed by atoms with Crippen LogP contribution in [0.2, 0.25) is 0 Å². The molecular formula is C24H31F3N6O4. The number of nitrogens with one attached hydrogen (secondary N) is 3. The Hall–Kier alpha value is -3.09. The van der Waals surface area contributed by atoms with Crippen LogP contribution in [0.5, 0.6) is 0 Å². The summed E-state index contributed by atoms with van der Waals surface area (Å²) in [5.74, 6) is -0.564. The lowest BCUT2D eigenvalue weighted by Gasteiger charge is -2.59. The van der Waals surface area contributed by atoms with Gasteiger partial charge in [-0.2, -0.15) is 18.3 Å². The topological polar surface area (TPSA) is 140 Å². The van der Waals surface area contributed by atoms with Gasteiger partial charge in [-0.05, 0) is 75.2 Å². The molecule has 13 heteroatoms. The Morgan fingerprint density at radius 3 is 2.59 bits per heavy atom. The largest absolute Gasteiger partial charge is 0.434 e. The van der Waals surface area contributed by atoms with Gasteiger partial charge in [0.15, 0.2) is 5.69 Å². The molecule has 0 aliphatic heterocycles. The van der Waals surface area contributed by atoms with E-state index in [1.165, 1.54) is 13.0 Å². The van der Waals surface area contributed by atoms with E-state index in [-0.39, 0.29) is 29.2 Å². The predicted octanol–water partition coefficient (Wildman–Crippen LogP) is 2.56. The monoisotopic (exact) mass is 524 g/mol. The van der Waals surface area contributed by atoms with E-state index in [0.717, 1.165) is 38.1 Å². The number of carbonyl (C=O) groups is 3. The summed E-state index contributed by atoms with van der Waals surface area (Å²) in [5, 5.41) is 9.34. The second-order valence-electron chi connectivity index (χ2n) is 11.6. The van der Waals surface area contributed by atoms with Crippen LogP contribution in [0.25, 0.3) is 6.20 Å². The zero-order valence-electron chi connectivity index (χ0n) is 20.8. The molecule has 4 fully saturated rings. The Balaban J connectivity index is 1.37. The molecule has 4 aliphatic carbocycles. The first-order valence-corrected chi connectivity index (χ1v) is 12.3. The van der Waals surface area contributed by atoms with Crippen LogP contribution in [0.3, 0.4) is 0 Å². The van der Waals surface area contributed by atoms with Crippen LogP contribution in [0.1, 0.15) is 68.9 Å². The standard InChI is InChI=1S/C24H31F3N6O4/c1-12(34)31-21(2,3)4-5-33-18(24(25,26)27)15(11-29-33)19(35)30-17-14-6-13-7-22(9-14)16(17)10-23(22,8-13)32-37-20(28)36/h4-5,11,13-14,16-17,32H,6-10H2,1-3H3,(H2,28,36)(H,30,35)(H,31,34)/b5-4+/t13?,14?,16?,17-,22?,23+/m1/s1. The van der Waals surface area contributed by atoms with Gasteiger partial charge >= 0.3 is 12.3 Å². The van der Waals surface area contributed by atoms with Gasteiger partial charge in [0.25, 0.3) is 5.91 Å². The molecule has 0 aromatic carbocycles. The van der Waals surface area contributed by atoms with Crippen LogP contribution in [0, 0.1) is 23.2 Å². The lowest BCUT2D eigenvalue weighted by molar-refractivity contribution is -0.143. The SMILES string of the molecule is CC(=O)NC(C)(C)/C=C/n1ncc(C(=O)N[C@@H]2C3CC4CC5(C3)C2C[C@@]5(NOC(N)=O)C4)c1C(F)(F)F. The maximum absolute atomic E-state index is 14.1. The second kappa shape index (κ2) is 8.20. The van der Waals surface area contributed by atoms with Crippen LogP contribution in [-0.2, 0) is 15.8 Å². The summed E-state index contributed by atoms with van der Waals surface area (Å²) in [6, 6.07) is -0.278. The van der Waals surface area contributed by atoms with Crippen molar-refractivity contribution in [2.45, 2.75) is 76.2 Å². The molecule has 0 saturated heterocycles. The molecule has 1 spiro atoms. The van der Waals surface area contributed by atoms with Gasteiger partial charge < -0.3 is 21.2 Å². The van der Waals surface area contributed by atoms with Crippen molar-refractivity contribution < 1.29 is 32.4 Å². The quantitative estimate of drug-likeness (QED) is 0.404. The van der Waals surface area contributed by atoms with Crippen LogP contribution in [-0.4, -0.2) is 44.8 Å². The number of nitrogens with two attached hydrogens (primary N) is 1. The Kier molecular flexibility index (Phi) is 5.67.